The van der Waals surface area contributed by atoms with Gasteiger partial charge in [0.05, 0.1) is 10.7 Å². The van der Waals surface area contributed by atoms with Crippen molar-refractivity contribution >= 4 is 34.5 Å². The summed E-state index contributed by atoms with van der Waals surface area (Å²) < 4.78 is 0. The first-order valence-corrected chi connectivity index (χ1v) is 7.33. The maximum Gasteiger partial charge on any atom is 0.125 e. The molecule has 0 saturated carbocycles. The first-order valence-electron chi connectivity index (χ1n) is 5.69. The standard InChI is InChI=1S/C13H14Cl2N2S/c1-8(2)16-6-10-7-18-13(17-10)11-4-3-9(14)5-12(11)15/h3-5,7-8,16H,6H2,1-2H3. The number of hydrogen-bond donors (Lipinski definition) is 1. The molecule has 1 aromatic carbocycles. The number of benzene rings is 1. The summed E-state index contributed by atoms with van der Waals surface area (Å²) in [5, 5.41) is 7.60. The molecule has 0 fully saturated rings. The highest BCUT2D eigenvalue weighted by molar-refractivity contribution is 7.13. The predicted octanol–water partition coefficient (Wildman–Crippen LogP) is 4.61. The van der Waals surface area contributed by atoms with Crippen LogP contribution in [0.3, 0.4) is 0 Å². The lowest BCUT2D eigenvalue weighted by Crippen LogP contribution is -2.21. The molecule has 0 radical (unpaired) electrons. The molecule has 1 aromatic heterocycles. The van der Waals surface area contributed by atoms with E-state index in [4.69, 9.17) is 23.2 Å². The molecule has 0 aliphatic carbocycles. The molecule has 2 aromatic rings. The summed E-state index contributed by atoms with van der Waals surface area (Å²) in [6.07, 6.45) is 0. The predicted molar refractivity (Wildman–Crippen MR) is 79.5 cm³/mol. The second-order valence-corrected chi connectivity index (χ2v) is 6.01. The van der Waals surface area contributed by atoms with Gasteiger partial charge in [-0.3, -0.25) is 0 Å². The summed E-state index contributed by atoms with van der Waals surface area (Å²) in [6.45, 7) is 5.01. The van der Waals surface area contributed by atoms with Crippen LogP contribution in [0.5, 0.6) is 0 Å². The molecule has 0 bridgehead atoms. The number of hydrogen-bond acceptors (Lipinski definition) is 3. The van der Waals surface area contributed by atoms with Gasteiger partial charge >= 0.3 is 0 Å². The molecular weight excluding hydrogens is 287 g/mol. The second-order valence-electron chi connectivity index (χ2n) is 4.30. The van der Waals surface area contributed by atoms with Crippen LogP contribution in [0.2, 0.25) is 10.0 Å². The van der Waals surface area contributed by atoms with E-state index in [2.05, 4.69) is 29.5 Å². The molecule has 1 heterocycles. The van der Waals surface area contributed by atoms with E-state index in [1.54, 1.807) is 17.4 Å². The SMILES string of the molecule is CC(C)NCc1csc(-c2ccc(Cl)cc2Cl)n1. The molecule has 0 unspecified atom stereocenters. The molecule has 0 aliphatic rings. The Kier molecular flexibility index (Phi) is 4.62. The maximum absolute atomic E-state index is 6.17. The number of rotatable bonds is 4. The summed E-state index contributed by atoms with van der Waals surface area (Å²) in [7, 11) is 0. The number of halogens is 2. The van der Waals surface area contributed by atoms with Crippen LogP contribution >= 0.6 is 34.5 Å². The van der Waals surface area contributed by atoms with Gasteiger partial charge in [0.25, 0.3) is 0 Å². The smallest absolute Gasteiger partial charge is 0.125 e. The van der Waals surface area contributed by atoms with Gasteiger partial charge in [-0.05, 0) is 18.2 Å². The van der Waals surface area contributed by atoms with Crippen molar-refractivity contribution in [3.63, 3.8) is 0 Å². The molecule has 96 valence electrons. The summed E-state index contributed by atoms with van der Waals surface area (Å²) in [5.74, 6) is 0. The van der Waals surface area contributed by atoms with Gasteiger partial charge in [0, 0.05) is 28.6 Å². The molecule has 0 aliphatic heterocycles. The van der Waals surface area contributed by atoms with Gasteiger partial charge in [0.1, 0.15) is 5.01 Å². The van der Waals surface area contributed by atoms with Crippen molar-refractivity contribution in [1.29, 1.82) is 0 Å². The molecule has 1 N–H and O–H groups in total. The Morgan fingerprint density at radius 1 is 1.33 bits per heavy atom. The third-order valence-corrected chi connectivity index (χ3v) is 3.88. The van der Waals surface area contributed by atoms with Crippen molar-refractivity contribution in [1.82, 2.24) is 10.3 Å². The Bertz CT molecular complexity index is 538. The maximum atomic E-state index is 6.17. The Labute approximate surface area is 121 Å². The highest BCUT2D eigenvalue weighted by Crippen LogP contribution is 2.32. The molecule has 2 nitrogen and oxygen atoms in total. The van der Waals surface area contributed by atoms with Crippen LogP contribution in [0.1, 0.15) is 19.5 Å². The van der Waals surface area contributed by atoms with Gasteiger partial charge in [0.15, 0.2) is 0 Å². The van der Waals surface area contributed by atoms with Gasteiger partial charge in [0.2, 0.25) is 0 Å². The second kappa shape index (κ2) is 6.02. The van der Waals surface area contributed by atoms with Crippen molar-refractivity contribution in [3.8, 4) is 10.6 Å². The lowest BCUT2D eigenvalue weighted by molar-refractivity contribution is 0.583. The minimum absolute atomic E-state index is 0.453. The van der Waals surface area contributed by atoms with Crippen LogP contribution in [0.4, 0.5) is 0 Å². The molecule has 0 saturated heterocycles. The Hall–Kier alpha value is -0.610. The van der Waals surface area contributed by atoms with Gasteiger partial charge < -0.3 is 5.32 Å². The van der Waals surface area contributed by atoms with Crippen molar-refractivity contribution < 1.29 is 0 Å². The monoisotopic (exact) mass is 300 g/mol. The third-order valence-electron chi connectivity index (χ3n) is 2.40. The van der Waals surface area contributed by atoms with E-state index in [1.807, 2.05) is 12.1 Å². The quantitative estimate of drug-likeness (QED) is 0.891. The average Bonchev–Trinajstić information content (AvgIpc) is 2.75. The van der Waals surface area contributed by atoms with Crippen LogP contribution in [0.15, 0.2) is 23.6 Å². The van der Waals surface area contributed by atoms with Crippen LogP contribution in [-0.4, -0.2) is 11.0 Å². The van der Waals surface area contributed by atoms with Crippen molar-refractivity contribution in [2.45, 2.75) is 26.4 Å². The molecule has 0 atom stereocenters. The average molecular weight is 301 g/mol. The normalized spacial score (nSPS) is 11.2. The van der Waals surface area contributed by atoms with Crippen LogP contribution in [-0.2, 0) is 6.54 Å². The van der Waals surface area contributed by atoms with E-state index in [1.165, 1.54) is 0 Å². The minimum Gasteiger partial charge on any atom is -0.309 e. The number of nitrogens with one attached hydrogen (secondary N) is 1. The van der Waals surface area contributed by atoms with Crippen molar-refractivity contribution in [2.75, 3.05) is 0 Å². The molecular formula is C13H14Cl2N2S. The number of nitrogens with zero attached hydrogens (tertiary/aromatic N) is 1. The zero-order chi connectivity index (χ0) is 13.1. The van der Waals surface area contributed by atoms with Crippen LogP contribution in [0, 0.1) is 0 Å². The fraction of sp³-hybridized carbons (Fsp3) is 0.308. The van der Waals surface area contributed by atoms with Gasteiger partial charge in [-0.2, -0.15) is 0 Å². The zero-order valence-corrected chi connectivity index (χ0v) is 12.5. The Balaban J connectivity index is 2.18. The van der Waals surface area contributed by atoms with E-state index in [0.29, 0.717) is 16.1 Å². The van der Waals surface area contributed by atoms with E-state index in [0.717, 1.165) is 22.8 Å². The van der Waals surface area contributed by atoms with Crippen molar-refractivity contribution in [2.24, 2.45) is 0 Å². The lowest BCUT2D eigenvalue weighted by Gasteiger charge is -2.05. The van der Waals surface area contributed by atoms with Gasteiger partial charge in [-0.25, -0.2) is 4.98 Å². The molecule has 0 spiro atoms. The Morgan fingerprint density at radius 3 is 2.78 bits per heavy atom. The fourth-order valence-corrected chi connectivity index (χ4v) is 2.90. The third kappa shape index (κ3) is 3.45. The largest absolute Gasteiger partial charge is 0.309 e. The number of aromatic nitrogens is 1. The summed E-state index contributed by atoms with van der Waals surface area (Å²) in [6, 6.07) is 5.93. The first-order chi connectivity index (χ1) is 8.56. The van der Waals surface area contributed by atoms with Gasteiger partial charge in [-0.1, -0.05) is 37.0 Å². The highest BCUT2D eigenvalue weighted by atomic mass is 35.5. The summed E-state index contributed by atoms with van der Waals surface area (Å²) >= 11 is 13.6. The summed E-state index contributed by atoms with van der Waals surface area (Å²) in [5.41, 5.74) is 1.97. The molecule has 18 heavy (non-hydrogen) atoms. The summed E-state index contributed by atoms with van der Waals surface area (Å²) in [4.78, 5) is 4.57. The fourth-order valence-electron chi connectivity index (χ4n) is 1.48. The van der Waals surface area contributed by atoms with Crippen molar-refractivity contribution in [3.05, 3.63) is 39.3 Å². The molecule has 2 rings (SSSR count). The van der Waals surface area contributed by atoms with Gasteiger partial charge in [-0.15, -0.1) is 11.3 Å². The van der Waals surface area contributed by atoms with E-state index >= 15 is 0 Å². The molecule has 0 amide bonds. The van der Waals surface area contributed by atoms with E-state index in [9.17, 15) is 0 Å². The van der Waals surface area contributed by atoms with Crippen LogP contribution < -0.4 is 5.32 Å². The Morgan fingerprint density at radius 2 is 2.11 bits per heavy atom. The highest BCUT2D eigenvalue weighted by Gasteiger charge is 2.09. The number of thiazole rings is 1. The first kappa shape index (κ1) is 13.8. The lowest BCUT2D eigenvalue weighted by atomic mass is 10.2. The zero-order valence-electron chi connectivity index (χ0n) is 10.2. The van der Waals surface area contributed by atoms with E-state index in [-0.39, 0.29) is 0 Å². The van der Waals surface area contributed by atoms with Crippen LogP contribution in [0.25, 0.3) is 10.6 Å². The minimum atomic E-state index is 0.453. The molecule has 5 heteroatoms. The van der Waals surface area contributed by atoms with E-state index < -0.39 is 0 Å². The topological polar surface area (TPSA) is 24.9 Å².